The fourth-order valence-corrected chi connectivity index (χ4v) is 2.36. The van der Waals surface area contributed by atoms with Crippen LogP contribution in [-0.4, -0.2) is 37.1 Å². The van der Waals surface area contributed by atoms with Crippen molar-refractivity contribution in [2.45, 2.75) is 33.3 Å². The van der Waals surface area contributed by atoms with Gasteiger partial charge in [-0.25, -0.2) is 4.79 Å². The van der Waals surface area contributed by atoms with Gasteiger partial charge in [0, 0.05) is 0 Å². The average Bonchev–Trinajstić information content (AvgIpc) is 2.74. The molecule has 0 heterocycles. The van der Waals surface area contributed by atoms with Gasteiger partial charge in [0.05, 0.1) is 23.8 Å². The topological polar surface area (TPSA) is 103 Å². The van der Waals surface area contributed by atoms with Gasteiger partial charge >= 0.3 is 5.97 Å². The molecule has 0 radical (unpaired) electrons. The first-order valence-electron chi connectivity index (χ1n) is 9.65. The molecular formula is C22H26N2O6. The second kappa shape index (κ2) is 11.5. The summed E-state index contributed by atoms with van der Waals surface area (Å²) >= 11 is 0. The highest BCUT2D eigenvalue weighted by Crippen LogP contribution is 2.19. The molecule has 0 saturated heterocycles. The summed E-state index contributed by atoms with van der Waals surface area (Å²) in [6.07, 6.45) is 0.649. The largest absolute Gasteiger partial charge is 0.490 e. The molecule has 0 aliphatic carbocycles. The van der Waals surface area contributed by atoms with Crippen LogP contribution in [0.2, 0.25) is 0 Å². The predicted molar refractivity (Wildman–Crippen MR) is 110 cm³/mol. The van der Waals surface area contributed by atoms with Crippen molar-refractivity contribution < 1.29 is 28.6 Å². The van der Waals surface area contributed by atoms with E-state index in [1.807, 2.05) is 20.8 Å². The molecule has 0 aliphatic rings. The van der Waals surface area contributed by atoms with E-state index in [2.05, 4.69) is 10.9 Å². The Morgan fingerprint density at radius 3 is 2.33 bits per heavy atom. The number of rotatable bonds is 9. The molecule has 0 aliphatic heterocycles. The van der Waals surface area contributed by atoms with Gasteiger partial charge < -0.3 is 14.2 Å². The second-order valence-electron chi connectivity index (χ2n) is 6.61. The number of benzene rings is 2. The molecule has 2 amide bonds. The monoisotopic (exact) mass is 414 g/mol. The van der Waals surface area contributed by atoms with Gasteiger partial charge in [0.15, 0.2) is 6.61 Å². The minimum Gasteiger partial charge on any atom is -0.490 e. The Balaban J connectivity index is 1.81. The molecule has 0 saturated carbocycles. The molecule has 2 aromatic rings. The zero-order chi connectivity index (χ0) is 21.9. The molecule has 8 nitrogen and oxygen atoms in total. The molecule has 30 heavy (non-hydrogen) atoms. The maximum absolute atomic E-state index is 12.3. The number of hydrogen-bond acceptors (Lipinski definition) is 6. The van der Waals surface area contributed by atoms with Gasteiger partial charge in [0.25, 0.3) is 11.8 Å². The SMILES string of the molecule is CCCOC(=O)c1ccc(OCC(=O)NNC(=O)c2ccccc2OC(C)C)cc1. The lowest BCUT2D eigenvalue weighted by molar-refractivity contribution is -0.123. The van der Waals surface area contributed by atoms with Crippen LogP contribution in [0.1, 0.15) is 47.9 Å². The Hall–Kier alpha value is -3.55. The Morgan fingerprint density at radius 1 is 0.967 bits per heavy atom. The fraction of sp³-hybridized carbons (Fsp3) is 0.318. The van der Waals surface area contributed by atoms with Crippen molar-refractivity contribution in [1.82, 2.24) is 10.9 Å². The van der Waals surface area contributed by atoms with Crippen LogP contribution >= 0.6 is 0 Å². The summed E-state index contributed by atoms with van der Waals surface area (Å²) in [5, 5.41) is 0. The van der Waals surface area contributed by atoms with Crippen molar-refractivity contribution in [1.29, 1.82) is 0 Å². The minimum absolute atomic E-state index is 0.0955. The molecule has 0 atom stereocenters. The summed E-state index contributed by atoms with van der Waals surface area (Å²) in [4.78, 5) is 36.0. The van der Waals surface area contributed by atoms with E-state index in [9.17, 15) is 14.4 Å². The van der Waals surface area contributed by atoms with Crippen molar-refractivity contribution in [2.75, 3.05) is 13.2 Å². The van der Waals surface area contributed by atoms with E-state index in [0.29, 0.717) is 29.2 Å². The molecule has 8 heteroatoms. The van der Waals surface area contributed by atoms with Gasteiger partial charge in [0.1, 0.15) is 11.5 Å². The van der Waals surface area contributed by atoms with Gasteiger partial charge in [0.2, 0.25) is 0 Å². The van der Waals surface area contributed by atoms with Crippen LogP contribution in [-0.2, 0) is 9.53 Å². The van der Waals surface area contributed by atoms with Crippen molar-refractivity contribution in [2.24, 2.45) is 0 Å². The number of amides is 2. The first-order valence-corrected chi connectivity index (χ1v) is 9.65. The van der Waals surface area contributed by atoms with Crippen LogP contribution < -0.4 is 20.3 Å². The molecule has 0 spiro atoms. The number of hydrazine groups is 1. The Bertz CT molecular complexity index is 864. The lowest BCUT2D eigenvalue weighted by Gasteiger charge is -2.14. The zero-order valence-electron chi connectivity index (χ0n) is 17.3. The number of esters is 1. The van der Waals surface area contributed by atoms with Crippen molar-refractivity contribution in [3.05, 3.63) is 59.7 Å². The molecule has 2 aromatic carbocycles. The molecular weight excluding hydrogens is 388 g/mol. The van der Waals surface area contributed by atoms with E-state index in [1.165, 1.54) is 0 Å². The number of carbonyl (C=O) groups excluding carboxylic acids is 3. The summed E-state index contributed by atoms with van der Waals surface area (Å²) in [7, 11) is 0. The van der Waals surface area contributed by atoms with Gasteiger partial charge in [-0.2, -0.15) is 0 Å². The van der Waals surface area contributed by atoms with Crippen molar-refractivity contribution in [3.63, 3.8) is 0 Å². The van der Waals surface area contributed by atoms with Crippen LogP contribution in [0.15, 0.2) is 48.5 Å². The van der Waals surface area contributed by atoms with Crippen molar-refractivity contribution in [3.8, 4) is 11.5 Å². The van der Waals surface area contributed by atoms with Gasteiger partial charge in [-0.05, 0) is 56.7 Å². The average molecular weight is 414 g/mol. The van der Waals surface area contributed by atoms with Crippen LogP contribution in [0, 0.1) is 0 Å². The number of carbonyl (C=O) groups is 3. The van der Waals surface area contributed by atoms with Gasteiger partial charge in [-0.1, -0.05) is 19.1 Å². The molecule has 0 bridgehead atoms. The van der Waals surface area contributed by atoms with E-state index in [-0.39, 0.29) is 12.7 Å². The summed E-state index contributed by atoms with van der Waals surface area (Å²) in [5.74, 6) is -0.635. The Labute approximate surface area is 175 Å². The van der Waals surface area contributed by atoms with Crippen LogP contribution in [0.4, 0.5) is 0 Å². The lowest BCUT2D eigenvalue weighted by Crippen LogP contribution is -2.44. The third-order valence-electron chi connectivity index (χ3n) is 3.71. The van der Waals surface area contributed by atoms with E-state index < -0.39 is 17.8 Å². The molecule has 0 aromatic heterocycles. The number of hydrogen-bond donors (Lipinski definition) is 2. The summed E-state index contributed by atoms with van der Waals surface area (Å²) in [5.41, 5.74) is 5.33. The second-order valence-corrected chi connectivity index (χ2v) is 6.61. The molecule has 2 rings (SSSR count). The maximum atomic E-state index is 12.3. The van der Waals surface area contributed by atoms with E-state index in [4.69, 9.17) is 14.2 Å². The van der Waals surface area contributed by atoms with Gasteiger partial charge in [-0.15, -0.1) is 0 Å². The van der Waals surface area contributed by atoms with Gasteiger partial charge in [-0.3, -0.25) is 20.4 Å². The highest BCUT2D eigenvalue weighted by atomic mass is 16.5. The molecule has 0 fully saturated rings. The molecule has 160 valence electrons. The fourth-order valence-electron chi connectivity index (χ4n) is 2.36. The van der Waals surface area contributed by atoms with E-state index in [1.54, 1.807) is 48.5 Å². The third-order valence-corrected chi connectivity index (χ3v) is 3.71. The number of nitrogens with one attached hydrogen (secondary N) is 2. The van der Waals surface area contributed by atoms with Crippen LogP contribution in [0.5, 0.6) is 11.5 Å². The van der Waals surface area contributed by atoms with Crippen molar-refractivity contribution >= 4 is 17.8 Å². The van der Waals surface area contributed by atoms with Crippen LogP contribution in [0.3, 0.4) is 0 Å². The van der Waals surface area contributed by atoms with E-state index >= 15 is 0 Å². The number of ether oxygens (including phenoxy) is 3. The van der Waals surface area contributed by atoms with E-state index in [0.717, 1.165) is 6.42 Å². The van der Waals surface area contributed by atoms with Crippen LogP contribution in [0.25, 0.3) is 0 Å². The number of para-hydroxylation sites is 1. The Kier molecular flexibility index (Phi) is 8.68. The standard InChI is InChI=1S/C22H26N2O6/c1-4-13-28-22(27)16-9-11-17(12-10-16)29-14-20(25)23-24-21(26)18-7-5-6-8-19(18)30-15(2)3/h5-12,15H,4,13-14H2,1-3H3,(H,23,25)(H,24,26). The third kappa shape index (κ3) is 7.12. The highest BCUT2D eigenvalue weighted by Gasteiger charge is 2.14. The molecule has 2 N–H and O–H groups in total. The smallest absolute Gasteiger partial charge is 0.338 e. The zero-order valence-corrected chi connectivity index (χ0v) is 17.3. The summed E-state index contributed by atoms with van der Waals surface area (Å²) < 4.78 is 16.0. The maximum Gasteiger partial charge on any atom is 0.338 e. The predicted octanol–water partition coefficient (Wildman–Crippen LogP) is 2.88. The quantitative estimate of drug-likeness (QED) is 0.483. The normalized spacial score (nSPS) is 10.3. The Morgan fingerprint density at radius 2 is 1.67 bits per heavy atom. The molecule has 0 unspecified atom stereocenters. The first kappa shape index (κ1) is 22.7. The first-order chi connectivity index (χ1) is 14.4. The summed E-state index contributed by atoms with van der Waals surface area (Å²) in [6, 6.07) is 13.0. The highest BCUT2D eigenvalue weighted by molar-refractivity contribution is 5.98. The minimum atomic E-state index is -0.544. The summed E-state index contributed by atoms with van der Waals surface area (Å²) in [6.45, 7) is 5.67. The lowest BCUT2D eigenvalue weighted by atomic mass is 10.2.